The molecule has 6 nitrogen and oxygen atoms in total. The van der Waals surface area contributed by atoms with Gasteiger partial charge in [-0.25, -0.2) is 17.5 Å². The van der Waals surface area contributed by atoms with Gasteiger partial charge in [0.05, 0.1) is 15.3 Å². The molecule has 0 N–H and O–H groups in total. The molecule has 3 aromatic rings. The van der Waals surface area contributed by atoms with Gasteiger partial charge < -0.3 is 4.42 Å². The van der Waals surface area contributed by atoms with Crippen LogP contribution in [0.5, 0.6) is 0 Å². The van der Waals surface area contributed by atoms with Crippen molar-refractivity contribution in [3.8, 4) is 0 Å². The number of fused-ring (bicyclic) bond motifs is 1. The summed E-state index contributed by atoms with van der Waals surface area (Å²) in [6, 6.07) is 9.59. The van der Waals surface area contributed by atoms with Crippen LogP contribution >= 0.6 is 11.3 Å². The Morgan fingerprint density at radius 1 is 1.15 bits per heavy atom. The minimum absolute atomic E-state index is 0.0871. The Morgan fingerprint density at radius 3 is 2.59 bits per heavy atom. The fraction of sp³-hybridized carbons (Fsp3) is 0.263. The summed E-state index contributed by atoms with van der Waals surface area (Å²) in [5.74, 6) is -0.520. The molecule has 1 amide bonds. The molecule has 0 unspecified atom stereocenters. The largest absolute Gasteiger partial charge is 0.414 e. The number of hydrogen-bond acceptors (Lipinski definition) is 6. The molecule has 0 aliphatic rings. The third-order valence-electron chi connectivity index (χ3n) is 4.10. The molecule has 0 fully saturated rings. The third kappa shape index (κ3) is 3.68. The van der Waals surface area contributed by atoms with E-state index in [0.29, 0.717) is 22.3 Å². The Labute approximate surface area is 161 Å². The van der Waals surface area contributed by atoms with Crippen molar-refractivity contribution in [2.24, 2.45) is 0 Å². The number of carbonyl (C=O) groups excluding carboxylic acids is 1. The van der Waals surface area contributed by atoms with Gasteiger partial charge >= 0.3 is 4.94 Å². The Bertz CT molecular complexity index is 1170. The van der Waals surface area contributed by atoms with Crippen molar-refractivity contribution in [1.82, 2.24) is 0 Å². The third-order valence-corrected chi connectivity index (χ3v) is 6.78. The second-order valence-corrected chi connectivity index (χ2v) is 9.00. The summed E-state index contributed by atoms with van der Waals surface area (Å²) in [6.07, 6.45) is 0.600. The molecule has 1 heterocycles. The van der Waals surface area contributed by atoms with Crippen LogP contribution in [-0.4, -0.2) is 14.3 Å². The maximum atomic E-state index is 13.4. The number of amides is 1. The quantitative estimate of drug-likeness (QED) is 0.641. The number of hydrogen-bond donors (Lipinski definition) is 0. The van der Waals surface area contributed by atoms with Crippen LogP contribution in [0.3, 0.4) is 0 Å². The second-order valence-electron chi connectivity index (χ2n) is 6.27. The maximum absolute atomic E-state index is 13.4. The van der Waals surface area contributed by atoms with Crippen LogP contribution in [0.2, 0.25) is 0 Å². The highest BCUT2D eigenvalue weighted by molar-refractivity contribution is 7.93. The van der Waals surface area contributed by atoms with Crippen LogP contribution in [0.1, 0.15) is 30.9 Å². The highest BCUT2D eigenvalue weighted by Crippen LogP contribution is 2.30. The molecular weight excluding hydrogens is 386 g/mol. The average molecular weight is 405 g/mol. The van der Waals surface area contributed by atoms with E-state index in [2.05, 4.69) is 0 Å². The lowest BCUT2D eigenvalue weighted by molar-refractivity contribution is -0.117. The van der Waals surface area contributed by atoms with E-state index < -0.39 is 20.9 Å². The van der Waals surface area contributed by atoms with E-state index in [-0.39, 0.29) is 17.0 Å². The molecule has 8 heteroatoms. The van der Waals surface area contributed by atoms with Gasteiger partial charge in [-0.2, -0.15) is 0 Å². The summed E-state index contributed by atoms with van der Waals surface area (Å²) in [5.41, 5.74) is 1.90. The number of sulfonamides is 1. The van der Waals surface area contributed by atoms with E-state index in [1.54, 1.807) is 26.0 Å². The molecular formula is C19H19NO5S2. The van der Waals surface area contributed by atoms with E-state index >= 15 is 0 Å². The van der Waals surface area contributed by atoms with Crippen LogP contribution in [0, 0.1) is 13.8 Å². The number of benzene rings is 2. The standard InChI is InChI=1S/C19H19NO5S2/c1-4-5-18(21)20(14-8-9-15-16(11-14)26-19(22)25-15)27(23,24)17-10-12(2)6-7-13(17)3/h6-11H,4-5H2,1-3H3. The van der Waals surface area contributed by atoms with Gasteiger partial charge in [-0.05, 0) is 55.7 Å². The topological polar surface area (TPSA) is 84.7 Å². The van der Waals surface area contributed by atoms with Gasteiger partial charge in [-0.3, -0.25) is 4.79 Å². The lowest BCUT2D eigenvalue weighted by atomic mass is 10.2. The first-order valence-corrected chi connectivity index (χ1v) is 10.7. The molecule has 0 saturated carbocycles. The first kappa shape index (κ1) is 19.3. The lowest BCUT2D eigenvalue weighted by Gasteiger charge is -2.23. The molecule has 0 spiro atoms. The highest BCUT2D eigenvalue weighted by Gasteiger charge is 2.32. The zero-order valence-electron chi connectivity index (χ0n) is 15.2. The van der Waals surface area contributed by atoms with Gasteiger partial charge in [0.1, 0.15) is 5.58 Å². The SMILES string of the molecule is CCCC(=O)N(c1ccc2oc(=O)sc2c1)S(=O)(=O)c1cc(C)ccc1C. The van der Waals surface area contributed by atoms with Gasteiger partial charge in [0.2, 0.25) is 5.91 Å². The van der Waals surface area contributed by atoms with Crippen LogP contribution in [0.15, 0.2) is 50.5 Å². The Kier molecular flexibility index (Phi) is 5.21. The van der Waals surface area contributed by atoms with Crippen molar-refractivity contribution in [2.75, 3.05) is 4.31 Å². The molecule has 27 heavy (non-hydrogen) atoms. The zero-order chi connectivity index (χ0) is 19.8. The van der Waals surface area contributed by atoms with Gasteiger partial charge in [-0.1, -0.05) is 30.4 Å². The van der Waals surface area contributed by atoms with E-state index in [0.717, 1.165) is 21.2 Å². The summed E-state index contributed by atoms with van der Waals surface area (Å²) in [5, 5.41) is 0. The van der Waals surface area contributed by atoms with Gasteiger partial charge in [0.15, 0.2) is 0 Å². The zero-order valence-corrected chi connectivity index (χ0v) is 16.8. The van der Waals surface area contributed by atoms with Crippen molar-refractivity contribution in [3.63, 3.8) is 0 Å². The first-order valence-electron chi connectivity index (χ1n) is 8.43. The predicted octanol–water partition coefficient (Wildman–Crippen LogP) is 3.99. The summed E-state index contributed by atoms with van der Waals surface area (Å²) in [7, 11) is -4.11. The molecule has 1 aromatic heterocycles. The van der Waals surface area contributed by atoms with Crippen LogP contribution < -0.4 is 9.24 Å². The smallest absolute Gasteiger partial charge is 0.396 e. The first-order chi connectivity index (χ1) is 12.7. The number of anilines is 1. The lowest BCUT2D eigenvalue weighted by Crippen LogP contribution is -2.37. The van der Waals surface area contributed by atoms with Gasteiger partial charge in [0.25, 0.3) is 10.0 Å². The summed E-state index contributed by atoms with van der Waals surface area (Å²) < 4.78 is 33.1. The van der Waals surface area contributed by atoms with E-state index in [9.17, 15) is 18.0 Å². The summed E-state index contributed by atoms with van der Waals surface area (Å²) in [4.78, 5) is 23.8. The number of rotatable bonds is 5. The van der Waals surface area contributed by atoms with Crippen LogP contribution in [0.4, 0.5) is 5.69 Å². The minimum atomic E-state index is -4.11. The molecule has 142 valence electrons. The maximum Gasteiger partial charge on any atom is 0.396 e. The molecule has 0 radical (unpaired) electrons. The Hall–Kier alpha value is -2.45. The van der Waals surface area contributed by atoms with Crippen molar-refractivity contribution < 1.29 is 17.6 Å². The normalized spacial score (nSPS) is 11.7. The van der Waals surface area contributed by atoms with Crippen LogP contribution in [0.25, 0.3) is 10.3 Å². The van der Waals surface area contributed by atoms with Crippen LogP contribution in [-0.2, 0) is 14.8 Å². The predicted molar refractivity (Wildman–Crippen MR) is 106 cm³/mol. The average Bonchev–Trinajstić information content (AvgIpc) is 2.96. The molecule has 2 aromatic carbocycles. The molecule has 3 rings (SSSR count). The van der Waals surface area contributed by atoms with E-state index in [1.807, 2.05) is 13.0 Å². The molecule has 0 atom stereocenters. The molecule has 0 saturated heterocycles. The number of nitrogens with zero attached hydrogens (tertiary/aromatic N) is 1. The van der Waals surface area contributed by atoms with E-state index in [1.165, 1.54) is 18.2 Å². The molecule has 0 bridgehead atoms. The van der Waals surface area contributed by atoms with Crippen molar-refractivity contribution in [2.45, 2.75) is 38.5 Å². The number of aryl methyl sites for hydroxylation is 2. The Morgan fingerprint density at radius 2 is 1.89 bits per heavy atom. The monoisotopic (exact) mass is 405 g/mol. The highest BCUT2D eigenvalue weighted by atomic mass is 32.2. The second kappa shape index (κ2) is 7.28. The minimum Gasteiger partial charge on any atom is -0.414 e. The van der Waals surface area contributed by atoms with Gasteiger partial charge in [-0.15, -0.1) is 0 Å². The fourth-order valence-electron chi connectivity index (χ4n) is 2.80. The fourth-order valence-corrected chi connectivity index (χ4v) is 5.26. The molecule has 0 aliphatic carbocycles. The van der Waals surface area contributed by atoms with Crippen molar-refractivity contribution >= 4 is 43.2 Å². The molecule has 0 aliphatic heterocycles. The Balaban J connectivity index is 2.22. The van der Waals surface area contributed by atoms with Gasteiger partial charge in [0, 0.05) is 6.42 Å². The van der Waals surface area contributed by atoms with Crippen molar-refractivity contribution in [3.05, 3.63) is 57.3 Å². The number of carbonyl (C=O) groups is 1. The van der Waals surface area contributed by atoms with E-state index in [4.69, 9.17) is 4.42 Å². The van der Waals surface area contributed by atoms with Crippen molar-refractivity contribution in [1.29, 1.82) is 0 Å². The summed E-state index contributed by atoms with van der Waals surface area (Å²) >= 11 is 0.866. The summed E-state index contributed by atoms with van der Waals surface area (Å²) in [6.45, 7) is 5.30.